The molecule has 7 fully saturated rings. The summed E-state index contributed by atoms with van der Waals surface area (Å²) >= 11 is 0. The second-order valence-corrected chi connectivity index (χ2v) is 24.7. The third kappa shape index (κ3) is 18.7. The predicted molar refractivity (Wildman–Crippen MR) is 306 cm³/mol. The van der Waals surface area contributed by atoms with Gasteiger partial charge in [0.05, 0.1) is 77.1 Å². The molecule has 7 saturated heterocycles. The number of aliphatic hydroxyl groups is 20. The van der Waals surface area contributed by atoms with Gasteiger partial charge >= 0.3 is 5.97 Å². The second kappa shape index (κ2) is 36.1. The van der Waals surface area contributed by atoms with Crippen molar-refractivity contribution in [3.63, 3.8) is 0 Å². The molecule has 572 valence electrons. The van der Waals surface area contributed by atoms with Crippen molar-refractivity contribution < 1.29 is 198 Å². The van der Waals surface area contributed by atoms with Crippen molar-refractivity contribution in [1.82, 2.24) is 21.3 Å². The Hall–Kier alpha value is -4.01. The summed E-state index contributed by atoms with van der Waals surface area (Å²) in [7, 11) is 0. The Morgan fingerprint density at radius 2 is 0.970 bits per heavy atom. The number of amides is 4. The molecule has 7 rings (SSSR count). The molecule has 0 unspecified atom stereocenters. The molecule has 0 radical (unpaired) electrons. The van der Waals surface area contributed by atoms with Crippen LogP contribution in [-0.2, 0) is 90.3 Å². The number of rotatable bonds is 30. The highest BCUT2D eigenvalue weighted by atomic mass is 16.8. The molecule has 44 heteroatoms. The molecule has 7 heterocycles. The van der Waals surface area contributed by atoms with E-state index in [1.807, 2.05) is 0 Å². The number of carboxylic acid groups (broad SMARTS) is 1. The zero-order chi connectivity index (χ0) is 73.4. The van der Waals surface area contributed by atoms with Crippen LogP contribution in [0.1, 0.15) is 34.1 Å². The van der Waals surface area contributed by atoms with Crippen LogP contribution in [0.15, 0.2) is 0 Å². The summed E-state index contributed by atoms with van der Waals surface area (Å²) in [6.07, 6.45) is -68.5. The van der Waals surface area contributed by atoms with Crippen LogP contribution in [0.4, 0.5) is 0 Å². The highest BCUT2D eigenvalue weighted by molar-refractivity contribution is 5.77. The summed E-state index contributed by atoms with van der Waals surface area (Å²) in [5.74, 6) is -8.27. The zero-order valence-corrected chi connectivity index (χ0v) is 53.4. The van der Waals surface area contributed by atoms with Crippen LogP contribution in [0.25, 0.3) is 0 Å². The topological polar surface area (TPSA) is 688 Å². The van der Waals surface area contributed by atoms with Crippen LogP contribution < -0.4 is 21.3 Å². The van der Waals surface area contributed by atoms with E-state index in [1.54, 1.807) is 0 Å². The minimum Gasteiger partial charge on any atom is -0.477 e. The first-order valence-corrected chi connectivity index (χ1v) is 31.3. The normalized spacial score (nSPS) is 45.3. The standard InChI is InChI=1S/C55H92N4O40/c1-15-30(72)36(78)38(80)51(88-15)95-43-25(11-65)91-49(29(59-18(4)69)45(43)96-53-41(83)47(33(75)23(9-63)90-53)99-55(54(84)85)5-20(70)27(57-16(2)67)44(98-55)31(73)21(71)7-61)97-46-34(76)26(13-87-48-28(58-17(3)68)35(77)32(74)22(8-62)89-48)93-52(40(46)82)94-42-24(10-64)92-50(39(81)37(42)79)86-12-19(6-60)56-14-66/h14-15,19-53,60-65,70-83H,5-13H2,1-4H3,(H,56,66)(H,57,67)(H,58,68)(H,59,69)(H,84,85)/t15-,19+,20-,21+,22+,23+,24+,25+,26+,27+,28+,29+,30+,31+,32+,33-,34-,35+,36+,37+,38-,39+,40+,41+,42+,43+,44+,45+,46-,47-,48+,49-,50+,51-,52-,53-,55-/m0/s1. The average molecular weight is 1450 g/mol. The van der Waals surface area contributed by atoms with Gasteiger partial charge in [0, 0.05) is 27.2 Å². The van der Waals surface area contributed by atoms with E-state index in [2.05, 4.69) is 21.3 Å². The molecular formula is C55H92N4O40. The first-order valence-electron chi connectivity index (χ1n) is 31.3. The highest BCUT2D eigenvalue weighted by Gasteiger charge is 2.62. The Balaban J connectivity index is 1.30. The molecule has 7 aliphatic heterocycles. The van der Waals surface area contributed by atoms with Gasteiger partial charge < -0.3 is 195 Å². The van der Waals surface area contributed by atoms with E-state index in [-0.39, 0.29) is 6.41 Å². The first-order chi connectivity index (χ1) is 46.7. The highest BCUT2D eigenvalue weighted by Crippen LogP contribution is 2.41. The fraction of sp³-hybridized carbons (Fsp3) is 0.909. The SMILES string of the molecule is CC(=O)N[C@H]1[C@H](OC[C@H]2O[C@@H](O[C@H]3[C@H](O)[C@@H](O)[C@H](OC[C@@H](CO)NC=O)O[C@@H]3CO)[C@H](O)[C@@H](O[C@@H]3O[C@H](CO)[C@@H](O[C@@H]4O[C@@H](C)[C@@H](O)[C@@H](O)[C@@H]4O)[C@H](O[C@@H]4O[C@H](CO)[C@H](O)[C@H](O[C@]5(C(=O)O)C[C@H](O)[C@@H](NC(C)=O)[C@H]([C@H](O)[C@H](O)CO)O5)[C@H]4O)[C@H]3NC(C)=O)[C@H]2O)O[C@H](CO)[C@@H](O)[C@@H]1O. The average Bonchev–Trinajstić information content (AvgIpc) is 0.757. The van der Waals surface area contributed by atoms with E-state index in [4.69, 9.17) is 66.3 Å². The van der Waals surface area contributed by atoms with Crippen LogP contribution >= 0.6 is 0 Å². The van der Waals surface area contributed by atoms with Crippen molar-refractivity contribution in [1.29, 1.82) is 0 Å². The molecule has 44 nitrogen and oxygen atoms in total. The third-order valence-electron chi connectivity index (χ3n) is 17.6. The summed E-state index contributed by atoms with van der Waals surface area (Å²) in [5.41, 5.74) is 0. The predicted octanol–water partition coefficient (Wildman–Crippen LogP) is -16.5. The van der Waals surface area contributed by atoms with Crippen LogP contribution in [0.2, 0.25) is 0 Å². The third-order valence-corrected chi connectivity index (χ3v) is 17.6. The van der Waals surface area contributed by atoms with E-state index in [0.29, 0.717) is 0 Å². The van der Waals surface area contributed by atoms with Gasteiger partial charge in [-0.1, -0.05) is 0 Å². The van der Waals surface area contributed by atoms with E-state index in [0.717, 1.165) is 20.8 Å². The molecule has 0 bridgehead atoms. The minimum absolute atomic E-state index is 0.229. The number of hydrogen-bond acceptors (Lipinski definition) is 39. The van der Waals surface area contributed by atoms with Gasteiger partial charge in [-0.15, -0.1) is 0 Å². The second-order valence-electron chi connectivity index (χ2n) is 24.7. The maximum absolute atomic E-state index is 13.6. The Morgan fingerprint density at radius 1 is 0.485 bits per heavy atom. The summed E-state index contributed by atoms with van der Waals surface area (Å²) in [5, 5.41) is 241. The van der Waals surface area contributed by atoms with Crippen molar-refractivity contribution in [3.8, 4) is 0 Å². The van der Waals surface area contributed by atoms with Crippen molar-refractivity contribution in [2.24, 2.45) is 0 Å². The number of aliphatic hydroxyl groups excluding tert-OH is 20. The van der Waals surface area contributed by atoms with Gasteiger partial charge in [0.2, 0.25) is 24.1 Å². The van der Waals surface area contributed by atoms with E-state index in [1.165, 1.54) is 6.92 Å². The van der Waals surface area contributed by atoms with Crippen LogP contribution in [0, 0.1) is 0 Å². The molecule has 0 spiro atoms. The van der Waals surface area contributed by atoms with Gasteiger partial charge in [-0.05, 0) is 6.92 Å². The lowest BCUT2D eigenvalue weighted by Crippen LogP contribution is -2.72. The fourth-order valence-corrected chi connectivity index (χ4v) is 12.3. The largest absolute Gasteiger partial charge is 0.477 e. The van der Waals surface area contributed by atoms with E-state index in [9.17, 15) is 131 Å². The number of hydrogen-bond donors (Lipinski definition) is 25. The van der Waals surface area contributed by atoms with Crippen molar-refractivity contribution in [3.05, 3.63) is 0 Å². The fourth-order valence-electron chi connectivity index (χ4n) is 12.3. The van der Waals surface area contributed by atoms with Crippen LogP contribution in [-0.4, -0.2) is 417 Å². The van der Waals surface area contributed by atoms with Crippen LogP contribution in [0.5, 0.6) is 0 Å². The molecule has 25 N–H and O–H groups in total. The molecule has 0 aromatic rings. The lowest BCUT2D eigenvalue weighted by atomic mass is 9.88. The van der Waals surface area contributed by atoms with Crippen molar-refractivity contribution >= 4 is 30.1 Å². The van der Waals surface area contributed by atoms with Gasteiger partial charge in [0.1, 0.15) is 159 Å². The van der Waals surface area contributed by atoms with Gasteiger partial charge in [-0.3, -0.25) is 19.2 Å². The number of carboxylic acids is 1. The molecule has 7 aliphatic rings. The van der Waals surface area contributed by atoms with E-state index < -0.39 is 309 Å². The molecule has 0 aliphatic carbocycles. The van der Waals surface area contributed by atoms with Crippen LogP contribution in [0.3, 0.4) is 0 Å². The lowest BCUT2D eigenvalue weighted by Gasteiger charge is -2.52. The Bertz CT molecular complexity index is 2580. The Morgan fingerprint density at radius 3 is 1.55 bits per heavy atom. The zero-order valence-electron chi connectivity index (χ0n) is 53.4. The number of carbonyl (C=O) groups excluding carboxylic acids is 4. The summed E-state index contributed by atoms with van der Waals surface area (Å²) in [6.45, 7) is -3.90. The van der Waals surface area contributed by atoms with Gasteiger partial charge in [-0.25, -0.2) is 4.79 Å². The minimum atomic E-state index is -3.35. The Kier molecular flexibility index (Phi) is 30.0. The molecule has 0 saturated carbocycles. The number of aliphatic carboxylic acids is 1. The summed E-state index contributed by atoms with van der Waals surface area (Å²) < 4.78 is 82.9. The van der Waals surface area contributed by atoms with Gasteiger partial charge in [-0.2, -0.15) is 0 Å². The monoisotopic (exact) mass is 1450 g/mol. The maximum Gasteiger partial charge on any atom is 0.364 e. The Labute approximate surface area is 561 Å². The number of carbonyl (C=O) groups is 5. The maximum atomic E-state index is 13.6. The molecular weight excluding hydrogens is 1360 g/mol. The molecule has 4 amide bonds. The van der Waals surface area contributed by atoms with Crippen molar-refractivity contribution in [2.75, 3.05) is 52.9 Å². The van der Waals surface area contributed by atoms with E-state index >= 15 is 0 Å². The number of ether oxygens (including phenoxy) is 14. The quantitative estimate of drug-likeness (QED) is 0.0297. The molecule has 0 aromatic carbocycles. The molecule has 0 aromatic heterocycles. The lowest BCUT2D eigenvalue weighted by molar-refractivity contribution is -0.400. The first kappa shape index (κ1) is 82.3. The van der Waals surface area contributed by atoms with Gasteiger partial charge in [0.25, 0.3) is 5.79 Å². The van der Waals surface area contributed by atoms with Crippen molar-refractivity contribution in [2.45, 2.75) is 261 Å². The molecule has 99 heavy (non-hydrogen) atoms. The summed E-state index contributed by atoms with van der Waals surface area (Å²) in [6, 6.07) is -6.62. The molecule has 37 atom stereocenters. The van der Waals surface area contributed by atoms with Gasteiger partial charge in [0.15, 0.2) is 37.7 Å². The number of nitrogens with one attached hydrogen (secondary N) is 4. The summed E-state index contributed by atoms with van der Waals surface area (Å²) in [4.78, 5) is 62.7. The smallest absolute Gasteiger partial charge is 0.364 e.